The SMILES string of the molecule is O=C(Nc1ccc(F)cc1)C(Br)Cc1ccccc1F. The number of alkyl halides is 1. The quantitative estimate of drug-likeness (QED) is 0.840. The Labute approximate surface area is 123 Å². The third-order valence-corrected chi connectivity index (χ3v) is 3.49. The zero-order chi connectivity index (χ0) is 14.5. The van der Waals surface area contributed by atoms with Crippen LogP contribution in [-0.4, -0.2) is 10.7 Å². The molecule has 0 bridgehead atoms. The summed E-state index contributed by atoms with van der Waals surface area (Å²) >= 11 is 3.23. The molecule has 5 heteroatoms. The summed E-state index contributed by atoms with van der Waals surface area (Å²) in [7, 11) is 0. The van der Waals surface area contributed by atoms with Gasteiger partial charge in [0, 0.05) is 5.69 Å². The summed E-state index contributed by atoms with van der Waals surface area (Å²) in [5, 5.41) is 2.63. The third kappa shape index (κ3) is 3.87. The van der Waals surface area contributed by atoms with E-state index in [0.29, 0.717) is 11.3 Å². The Morgan fingerprint density at radius 3 is 2.40 bits per heavy atom. The topological polar surface area (TPSA) is 29.1 Å². The van der Waals surface area contributed by atoms with Crippen LogP contribution in [0.5, 0.6) is 0 Å². The highest BCUT2D eigenvalue weighted by Gasteiger charge is 2.17. The first-order chi connectivity index (χ1) is 9.56. The second-order valence-corrected chi connectivity index (χ2v) is 5.36. The van der Waals surface area contributed by atoms with Crippen LogP contribution in [0.2, 0.25) is 0 Å². The number of rotatable bonds is 4. The Kier molecular flexibility index (Phi) is 4.84. The number of amides is 1. The van der Waals surface area contributed by atoms with Gasteiger partial charge in [0.25, 0.3) is 0 Å². The van der Waals surface area contributed by atoms with Gasteiger partial charge in [-0.2, -0.15) is 0 Å². The Balaban J connectivity index is 1.99. The lowest BCUT2D eigenvalue weighted by molar-refractivity contribution is -0.115. The zero-order valence-electron chi connectivity index (χ0n) is 10.4. The highest BCUT2D eigenvalue weighted by Crippen LogP contribution is 2.16. The molecule has 0 aliphatic heterocycles. The number of carbonyl (C=O) groups is 1. The predicted octanol–water partition coefficient (Wildman–Crippen LogP) is 3.91. The summed E-state index contributed by atoms with van der Waals surface area (Å²) in [4.78, 5) is 11.4. The summed E-state index contributed by atoms with van der Waals surface area (Å²) in [6.07, 6.45) is 0.236. The lowest BCUT2D eigenvalue weighted by Crippen LogP contribution is -2.25. The van der Waals surface area contributed by atoms with Crippen LogP contribution in [0.3, 0.4) is 0 Å². The molecule has 2 aromatic rings. The van der Waals surface area contributed by atoms with Crippen molar-refractivity contribution in [3.8, 4) is 0 Å². The fourth-order valence-corrected chi connectivity index (χ4v) is 2.17. The first kappa shape index (κ1) is 14.7. The van der Waals surface area contributed by atoms with Crippen LogP contribution < -0.4 is 5.32 Å². The number of carbonyl (C=O) groups excluding carboxylic acids is 1. The smallest absolute Gasteiger partial charge is 0.238 e. The molecule has 0 aromatic heterocycles. The zero-order valence-corrected chi connectivity index (χ0v) is 12.0. The standard InChI is InChI=1S/C15H12BrF2NO/c16-13(9-10-3-1-2-4-14(10)18)15(20)19-12-7-5-11(17)6-8-12/h1-8,13H,9H2,(H,19,20). The van der Waals surface area contributed by atoms with E-state index in [1.165, 1.54) is 30.3 Å². The fourth-order valence-electron chi connectivity index (χ4n) is 1.70. The van der Waals surface area contributed by atoms with Gasteiger partial charge in [-0.15, -0.1) is 0 Å². The van der Waals surface area contributed by atoms with Gasteiger partial charge in [-0.05, 0) is 42.3 Å². The molecule has 0 fully saturated rings. The van der Waals surface area contributed by atoms with E-state index in [1.807, 2.05) is 0 Å². The number of halogens is 3. The molecule has 2 rings (SSSR count). The molecule has 0 saturated heterocycles. The van der Waals surface area contributed by atoms with Crippen LogP contribution in [0, 0.1) is 11.6 Å². The molecule has 0 radical (unpaired) electrons. The summed E-state index contributed by atoms with van der Waals surface area (Å²) in [6, 6.07) is 11.8. The van der Waals surface area contributed by atoms with Gasteiger partial charge in [0.1, 0.15) is 11.6 Å². The average molecular weight is 340 g/mol. The summed E-state index contributed by atoms with van der Waals surface area (Å²) in [5.74, 6) is -1.02. The molecule has 0 saturated carbocycles. The molecular formula is C15H12BrF2NO. The second-order valence-electron chi connectivity index (χ2n) is 4.26. The summed E-state index contributed by atoms with van der Waals surface area (Å²) < 4.78 is 26.2. The van der Waals surface area contributed by atoms with E-state index in [-0.39, 0.29) is 24.0 Å². The second kappa shape index (κ2) is 6.61. The van der Waals surface area contributed by atoms with Crippen molar-refractivity contribution in [1.82, 2.24) is 0 Å². The molecule has 0 aliphatic carbocycles. The van der Waals surface area contributed by atoms with Gasteiger partial charge < -0.3 is 5.32 Å². The minimum absolute atomic E-state index is 0.236. The van der Waals surface area contributed by atoms with Crippen LogP contribution >= 0.6 is 15.9 Å². The van der Waals surface area contributed by atoms with Crippen LogP contribution in [0.1, 0.15) is 5.56 Å². The van der Waals surface area contributed by atoms with Crippen LogP contribution in [-0.2, 0) is 11.2 Å². The highest BCUT2D eigenvalue weighted by molar-refractivity contribution is 9.10. The molecular weight excluding hydrogens is 328 g/mol. The maximum absolute atomic E-state index is 13.5. The first-order valence-corrected chi connectivity index (χ1v) is 6.92. The van der Waals surface area contributed by atoms with E-state index in [9.17, 15) is 13.6 Å². The molecule has 1 atom stereocenters. The number of hydrogen-bond donors (Lipinski definition) is 1. The van der Waals surface area contributed by atoms with Crippen molar-refractivity contribution in [2.75, 3.05) is 5.32 Å². The Morgan fingerprint density at radius 1 is 1.10 bits per heavy atom. The maximum Gasteiger partial charge on any atom is 0.238 e. The van der Waals surface area contributed by atoms with Gasteiger partial charge in [0.05, 0.1) is 4.83 Å². The third-order valence-electron chi connectivity index (χ3n) is 2.75. The molecule has 2 nitrogen and oxygen atoms in total. The van der Waals surface area contributed by atoms with Gasteiger partial charge in [-0.1, -0.05) is 34.1 Å². The van der Waals surface area contributed by atoms with Crippen LogP contribution in [0.15, 0.2) is 48.5 Å². The lowest BCUT2D eigenvalue weighted by atomic mass is 10.1. The first-order valence-electron chi connectivity index (χ1n) is 6.00. The minimum atomic E-state index is -0.565. The molecule has 20 heavy (non-hydrogen) atoms. The Bertz CT molecular complexity index is 601. The van der Waals surface area contributed by atoms with E-state index in [2.05, 4.69) is 21.2 Å². The minimum Gasteiger partial charge on any atom is -0.325 e. The van der Waals surface area contributed by atoms with Crippen molar-refractivity contribution < 1.29 is 13.6 Å². The van der Waals surface area contributed by atoms with Gasteiger partial charge in [-0.25, -0.2) is 8.78 Å². The summed E-state index contributed by atoms with van der Waals surface area (Å²) in [6.45, 7) is 0. The van der Waals surface area contributed by atoms with E-state index in [0.717, 1.165) is 0 Å². The molecule has 0 aliphatic rings. The van der Waals surface area contributed by atoms with E-state index >= 15 is 0 Å². The van der Waals surface area contributed by atoms with Crippen molar-refractivity contribution >= 4 is 27.5 Å². The van der Waals surface area contributed by atoms with Crippen LogP contribution in [0.4, 0.5) is 14.5 Å². The van der Waals surface area contributed by atoms with Gasteiger partial charge in [0.15, 0.2) is 0 Å². The molecule has 1 amide bonds. The van der Waals surface area contributed by atoms with E-state index in [4.69, 9.17) is 0 Å². The van der Waals surface area contributed by atoms with Gasteiger partial charge >= 0.3 is 0 Å². The van der Waals surface area contributed by atoms with E-state index < -0.39 is 4.83 Å². The highest BCUT2D eigenvalue weighted by atomic mass is 79.9. The van der Waals surface area contributed by atoms with Crippen molar-refractivity contribution in [2.45, 2.75) is 11.2 Å². The molecule has 104 valence electrons. The molecule has 1 unspecified atom stereocenters. The van der Waals surface area contributed by atoms with Gasteiger partial charge in [0.2, 0.25) is 5.91 Å². The number of nitrogens with one attached hydrogen (secondary N) is 1. The lowest BCUT2D eigenvalue weighted by Gasteiger charge is -2.11. The fraction of sp³-hybridized carbons (Fsp3) is 0.133. The van der Waals surface area contributed by atoms with Crippen LogP contribution in [0.25, 0.3) is 0 Å². The van der Waals surface area contributed by atoms with Crippen molar-refractivity contribution in [3.05, 3.63) is 65.7 Å². The maximum atomic E-state index is 13.5. The van der Waals surface area contributed by atoms with Gasteiger partial charge in [-0.3, -0.25) is 4.79 Å². The molecule has 0 heterocycles. The Morgan fingerprint density at radius 2 is 1.75 bits per heavy atom. The van der Waals surface area contributed by atoms with Crippen molar-refractivity contribution in [2.24, 2.45) is 0 Å². The number of hydrogen-bond acceptors (Lipinski definition) is 1. The average Bonchev–Trinajstić information content (AvgIpc) is 2.44. The molecule has 0 spiro atoms. The Hall–Kier alpha value is -1.75. The monoisotopic (exact) mass is 339 g/mol. The number of benzene rings is 2. The molecule has 2 aromatic carbocycles. The summed E-state index contributed by atoms with van der Waals surface area (Å²) in [5.41, 5.74) is 0.956. The number of anilines is 1. The van der Waals surface area contributed by atoms with Crippen molar-refractivity contribution in [1.29, 1.82) is 0 Å². The van der Waals surface area contributed by atoms with E-state index in [1.54, 1.807) is 18.2 Å². The normalized spacial score (nSPS) is 11.9. The molecule has 1 N–H and O–H groups in total. The predicted molar refractivity (Wildman–Crippen MR) is 77.8 cm³/mol. The van der Waals surface area contributed by atoms with Crippen molar-refractivity contribution in [3.63, 3.8) is 0 Å². The largest absolute Gasteiger partial charge is 0.325 e.